The summed E-state index contributed by atoms with van der Waals surface area (Å²) in [5, 5.41) is 0. The van der Waals surface area contributed by atoms with Crippen LogP contribution < -0.4 is 10.5 Å². The molecule has 5 nitrogen and oxygen atoms in total. The number of hydrogen-bond acceptors (Lipinski definition) is 4. The van der Waals surface area contributed by atoms with Gasteiger partial charge in [0.2, 0.25) is 10.0 Å². The molecule has 1 aromatic carbocycles. The van der Waals surface area contributed by atoms with Crippen LogP contribution in [0.25, 0.3) is 0 Å². The zero-order valence-corrected chi connectivity index (χ0v) is 12.9. The smallest absolute Gasteiger partial charge is 0.211 e. The van der Waals surface area contributed by atoms with E-state index in [-0.39, 0.29) is 18.3 Å². The van der Waals surface area contributed by atoms with Crippen molar-refractivity contribution >= 4 is 10.0 Å². The summed E-state index contributed by atoms with van der Waals surface area (Å²) in [6.45, 7) is 1.44. The van der Waals surface area contributed by atoms with E-state index in [0.29, 0.717) is 31.0 Å². The highest BCUT2D eigenvalue weighted by molar-refractivity contribution is 7.88. The molecule has 1 saturated heterocycles. The van der Waals surface area contributed by atoms with Gasteiger partial charge in [0.25, 0.3) is 0 Å². The largest absolute Gasteiger partial charge is 0.493 e. The molecule has 0 bridgehead atoms. The Bertz CT molecular complexity index is 592. The lowest BCUT2D eigenvalue weighted by Gasteiger charge is -2.30. The van der Waals surface area contributed by atoms with Crippen LogP contribution in [0.2, 0.25) is 0 Å². The van der Waals surface area contributed by atoms with Crippen LogP contribution in [0, 0.1) is 11.7 Å². The van der Waals surface area contributed by atoms with Gasteiger partial charge < -0.3 is 10.5 Å². The fourth-order valence-corrected chi connectivity index (χ4v) is 3.49. The Kier molecular flexibility index (Phi) is 5.18. The van der Waals surface area contributed by atoms with E-state index < -0.39 is 10.0 Å². The van der Waals surface area contributed by atoms with Crippen molar-refractivity contribution in [1.82, 2.24) is 4.31 Å². The summed E-state index contributed by atoms with van der Waals surface area (Å²) in [5.41, 5.74) is 5.89. The van der Waals surface area contributed by atoms with E-state index in [0.717, 1.165) is 12.8 Å². The van der Waals surface area contributed by atoms with Gasteiger partial charge in [-0.2, -0.15) is 0 Å². The Labute approximate surface area is 124 Å². The zero-order chi connectivity index (χ0) is 15.5. The van der Waals surface area contributed by atoms with E-state index in [1.807, 2.05) is 0 Å². The Morgan fingerprint density at radius 2 is 2.24 bits per heavy atom. The van der Waals surface area contributed by atoms with Crippen molar-refractivity contribution in [3.05, 3.63) is 29.6 Å². The number of benzene rings is 1. The highest BCUT2D eigenvalue weighted by Crippen LogP contribution is 2.24. The van der Waals surface area contributed by atoms with E-state index in [1.165, 1.54) is 16.6 Å². The first-order valence-corrected chi connectivity index (χ1v) is 8.82. The van der Waals surface area contributed by atoms with Gasteiger partial charge in [0.05, 0.1) is 12.9 Å². The topological polar surface area (TPSA) is 72.6 Å². The molecule has 2 N–H and O–H groups in total. The third kappa shape index (κ3) is 4.15. The molecule has 0 amide bonds. The Hall–Kier alpha value is -1.18. The first-order valence-electron chi connectivity index (χ1n) is 6.97. The van der Waals surface area contributed by atoms with Crippen LogP contribution in [0.15, 0.2) is 18.2 Å². The SMILES string of the molecule is CS(=O)(=O)N1CCCC(COc2cccc(F)c2CN)C1. The van der Waals surface area contributed by atoms with Crippen molar-refractivity contribution in [2.45, 2.75) is 19.4 Å². The number of ether oxygens (including phenoxy) is 1. The molecule has 1 atom stereocenters. The molecule has 1 aromatic rings. The van der Waals surface area contributed by atoms with Gasteiger partial charge in [0.1, 0.15) is 11.6 Å². The predicted molar refractivity (Wildman–Crippen MR) is 78.9 cm³/mol. The molecule has 0 spiro atoms. The number of nitrogens with zero attached hydrogens (tertiary/aromatic N) is 1. The first kappa shape index (κ1) is 16.2. The van der Waals surface area contributed by atoms with Crippen molar-refractivity contribution < 1.29 is 17.5 Å². The molecule has 0 radical (unpaired) electrons. The summed E-state index contributed by atoms with van der Waals surface area (Å²) >= 11 is 0. The summed E-state index contributed by atoms with van der Waals surface area (Å²) in [4.78, 5) is 0. The van der Waals surface area contributed by atoms with Gasteiger partial charge in [-0.25, -0.2) is 17.1 Å². The molecule has 1 fully saturated rings. The lowest BCUT2D eigenvalue weighted by Crippen LogP contribution is -2.41. The Morgan fingerprint density at radius 3 is 2.90 bits per heavy atom. The molecule has 1 aliphatic rings. The van der Waals surface area contributed by atoms with E-state index in [9.17, 15) is 12.8 Å². The molecule has 118 valence electrons. The number of piperidine rings is 1. The molecule has 1 heterocycles. The number of sulfonamides is 1. The molecular weight excluding hydrogens is 295 g/mol. The van der Waals surface area contributed by atoms with Crippen LogP contribution in [-0.2, 0) is 16.6 Å². The third-order valence-corrected chi connectivity index (χ3v) is 4.97. The summed E-state index contributed by atoms with van der Waals surface area (Å²) < 4.78 is 43.9. The minimum absolute atomic E-state index is 0.0716. The van der Waals surface area contributed by atoms with Crippen LogP contribution in [0.1, 0.15) is 18.4 Å². The fourth-order valence-electron chi connectivity index (χ4n) is 2.54. The van der Waals surface area contributed by atoms with Crippen LogP contribution in [0.3, 0.4) is 0 Å². The Morgan fingerprint density at radius 1 is 1.48 bits per heavy atom. The average molecular weight is 316 g/mol. The normalized spacial score (nSPS) is 20.4. The molecule has 2 rings (SSSR count). The third-order valence-electron chi connectivity index (χ3n) is 3.71. The van der Waals surface area contributed by atoms with Crippen molar-refractivity contribution in [2.75, 3.05) is 26.0 Å². The number of nitrogens with two attached hydrogens (primary N) is 1. The van der Waals surface area contributed by atoms with Crippen LogP contribution in [0.5, 0.6) is 5.75 Å². The van der Waals surface area contributed by atoms with Gasteiger partial charge in [0.15, 0.2) is 0 Å². The van der Waals surface area contributed by atoms with E-state index in [2.05, 4.69) is 0 Å². The van der Waals surface area contributed by atoms with Gasteiger partial charge in [-0.3, -0.25) is 0 Å². The number of hydrogen-bond donors (Lipinski definition) is 1. The van der Waals surface area contributed by atoms with Crippen LogP contribution >= 0.6 is 0 Å². The molecule has 1 aliphatic heterocycles. The first-order chi connectivity index (χ1) is 9.91. The van der Waals surface area contributed by atoms with Crippen molar-refractivity contribution in [3.8, 4) is 5.75 Å². The Balaban J connectivity index is 1.99. The summed E-state index contributed by atoms with van der Waals surface area (Å²) in [6, 6.07) is 4.61. The van der Waals surface area contributed by atoms with E-state index in [4.69, 9.17) is 10.5 Å². The maximum Gasteiger partial charge on any atom is 0.211 e. The van der Waals surface area contributed by atoms with E-state index in [1.54, 1.807) is 12.1 Å². The molecule has 21 heavy (non-hydrogen) atoms. The van der Waals surface area contributed by atoms with Crippen LogP contribution in [-0.4, -0.2) is 38.7 Å². The summed E-state index contributed by atoms with van der Waals surface area (Å²) in [6.07, 6.45) is 2.93. The molecular formula is C14H21FN2O3S. The van der Waals surface area contributed by atoms with Crippen molar-refractivity contribution in [3.63, 3.8) is 0 Å². The van der Waals surface area contributed by atoms with Gasteiger partial charge in [-0.1, -0.05) is 6.07 Å². The number of rotatable bonds is 5. The van der Waals surface area contributed by atoms with Gasteiger partial charge in [-0.05, 0) is 25.0 Å². The van der Waals surface area contributed by atoms with Gasteiger partial charge in [-0.15, -0.1) is 0 Å². The van der Waals surface area contributed by atoms with Crippen molar-refractivity contribution in [2.24, 2.45) is 11.7 Å². The maximum absolute atomic E-state index is 13.6. The second-order valence-electron chi connectivity index (χ2n) is 5.36. The maximum atomic E-state index is 13.6. The molecule has 0 saturated carbocycles. The van der Waals surface area contributed by atoms with Gasteiger partial charge in [0, 0.05) is 31.1 Å². The number of halogens is 1. The monoisotopic (exact) mass is 316 g/mol. The lowest BCUT2D eigenvalue weighted by atomic mass is 10.0. The van der Waals surface area contributed by atoms with E-state index >= 15 is 0 Å². The molecule has 7 heteroatoms. The zero-order valence-electron chi connectivity index (χ0n) is 12.1. The molecule has 0 aliphatic carbocycles. The minimum atomic E-state index is -3.16. The standard InChI is InChI=1S/C14H21FN2O3S/c1-21(18,19)17-7-3-4-11(9-17)10-20-14-6-2-5-13(15)12(14)8-16/h2,5-6,11H,3-4,7-10,16H2,1H3. The fraction of sp³-hybridized carbons (Fsp3) is 0.571. The molecule has 0 aromatic heterocycles. The predicted octanol–water partition coefficient (Wildman–Crippen LogP) is 1.33. The van der Waals surface area contributed by atoms with Crippen LogP contribution in [0.4, 0.5) is 4.39 Å². The quantitative estimate of drug-likeness (QED) is 0.889. The highest BCUT2D eigenvalue weighted by Gasteiger charge is 2.26. The van der Waals surface area contributed by atoms with Crippen molar-refractivity contribution in [1.29, 1.82) is 0 Å². The molecule has 1 unspecified atom stereocenters. The summed E-state index contributed by atoms with van der Waals surface area (Å²) in [7, 11) is -3.16. The van der Waals surface area contributed by atoms with Gasteiger partial charge >= 0.3 is 0 Å². The second-order valence-corrected chi connectivity index (χ2v) is 7.34. The average Bonchev–Trinajstić information content (AvgIpc) is 2.44. The minimum Gasteiger partial charge on any atom is -0.493 e. The highest BCUT2D eigenvalue weighted by atomic mass is 32.2. The second kappa shape index (κ2) is 6.72. The lowest BCUT2D eigenvalue weighted by molar-refractivity contribution is 0.179. The summed E-state index contributed by atoms with van der Waals surface area (Å²) in [5.74, 6) is 0.174.